The molecular weight excluding hydrogens is 410 g/mol. The fraction of sp³-hybridized carbons (Fsp3) is 0.519. The van der Waals surface area contributed by atoms with Crippen molar-refractivity contribution in [2.75, 3.05) is 31.1 Å². The van der Waals surface area contributed by atoms with Crippen LogP contribution >= 0.6 is 0 Å². The lowest BCUT2D eigenvalue weighted by Gasteiger charge is -2.37. The molecular formula is C27H37N5O. The summed E-state index contributed by atoms with van der Waals surface area (Å²) in [6.07, 6.45) is 5.13. The smallest absolute Gasteiger partial charge is 0.222 e. The molecule has 1 fully saturated rings. The topological polar surface area (TPSA) is 54.3 Å². The maximum atomic E-state index is 12.9. The largest absolute Gasteiger partial charge is 0.368 e. The van der Waals surface area contributed by atoms with Crippen molar-refractivity contribution in [1.29, 1.82) is 0 Å². The van der Waals surface area contributed by atoms with Crippen molar-refractivity contribution in [3.05, 3.63) is 53.5 Å². The number of rotatable bonds is 8. The van der Waals surface area contributed by atoms with Gasteiger partial charge in [-0.3, -0.25) is 4.79 Å². The summed E-state index contributed by atoms with van der Waals surface area (Å²) < 4.78 is 2.25. The Morgan fingerprint density at radius 1 is 1.06 bits per heavy atom. The third-order valence-corrected chi connectivity index (χ3v) is 6.85. The monoisotopic (exact) mass is 447 g/mol. The Morgan fingerprint density at radius 2 is 1.85 bits per heavy atom. The van der Waals surface area contributed by atoms with Crippen molar-refractivity contribution in [1.82, 2.24) is 19.4 Å². The Morgan fingerprint density at radius 3 is 2.61 bits per heavy atom. The Labute approximate surface area is 197 Å². The number of amides is 1. The number of benzene rings is 1. The van der Waals surface area contributed by atoms with Crippen molar-refractivity contribution < 1.29 is 4.79 Å². The molecule has 33 heavy (non-hydrogen) atoms. The minimum absolute atomic E-state index is 0.263. The number of pyridine rings is 1. The number of carbonyl (C=O) groups excluding carboxylic acids is 1. The summed E-state index contributed by atoms with van der Waals surface area (Å²) in [6.45, 7) is 13.1. The zero-order valence-electron chi connectivity index (χ0n) is 20.5. The highest BCUT2D eigenvalue weighted by Crippen LogP contribution is 2.24. The van der Waals surface area contributed by atoms with Gasteiger partial charge in [0.05, 0.1) is 0 Å². The molecule has 4 rings (SSSR count). The molecule has 0 bridgehead atoms. The number of hydrogen-bond acceptors (Lipinski definition) is 4. The second-order valence-electron chi connectivity index (χ2n) is 9.65. The highest BCUT2D eigenvalue weighted by Gasteiger charge is 2.22. The molecule has 1 aliphatic heterocycles. The van der Waals surface area contributed by atoms with Crippen LogP contribution in [0.3, 0.4) is 0 Å². The number of anilines is 1. The average molecular weight is 448 g/mol. The van der Waals surface area contributed by atoms with Gasteiger partial charge in [0, 0.05) is 57.4 Å². The van der Waals surface area contributed by atoms with Gasteiger partial charge in [0.1, 0.15) is 11.3 Å². The van der Waals surface area contributed by atoms with E-state index in [9.17, 15) is 4.79 Å². The highest BCUT2D eigenvalue weighted by atomic mass is 16.2. The first-order chi connectivity index (χ1) is 15.9. The minimum Gasteiger partial charge on any atom is -0.368 e. The zero-order valence-corrected chi connectivity index (χ0v) is 20.5. The van der Waals surface area contributed by atoms with Crippen LogP contribution in [0.2, 0.25) is 0 Å². The Kier molecular flexibility index (Phi) is 7.31. The number of imidazole rings is 1. The van der Waals surface area contributed by atoms with E-state index in [4.69, 9.17) is 4.98 Å². The van der Waals surface area contributed by atoms with E-state index in [1.54, 1.807) is 0 Å². The van der Waals surface area contributed by atoms with Gasteiger partial charge in [0.2, 0.25) is 5.91 Å². The first-order valence-corrected chi connectivity index (χ1v) is 12.3. The molecule has 3 aromatic rings. The lowest BCUT2D eigenvalue weighted by atomic mass is 10.1. The second-order valence-corrected chi connectivity index (χ2v) is 9.65. The van der Waals surface area contributed by atoms with Crippen LogP contribution in [0.4, 0.5) is 5.69 Å². The number of hydrogen-bond donors (Lipinski definition) is 0. The molecule has 1 aromatic carbocycles. The summed E-state index contributed by atoms with van der Waals surface area (Å²) in [5.74, 6) is 1.94. The lowest BCUT2D eigenvalue weighted by molar-refractivity contribution is -0.131. The summed E-state index contributed by atoms with van der Waals surface area (Å²) in [6, 6.07) is 10.4. The Balaban J connectivity index is 1.31. The summed E-state index contributed by atoms with van der Waals surface area (Å²) in [4.78, 5) is 26.7. The van der Waals surface area contributed by atoms with Crippen LogP contribution in [0.15, 0.2) is 36.5 Å². The molecule has 6 heteroatoms. The predicted octanol–water partition coefficient (Wildman–Crippen LogP) is 4.77. The van der Waals surface area contributed by atoms with E-state index in [-0.39, 0.29) is 5.91 Å². The van der Waals surface area contributed by atoms with Crippen LogP contribution in [0.5, 0.6) is 0 Å². The van der Waals surface area contributed by atoms with Gasteiger partial charge in [-0.15, -0.1) is 0 Å². The van der Waals surface area contributed by atoms with Gasteiger partial charge in [0.25, 0.3) is 0 Å². The second kappa shape index (κ2) is 10.4. The molecule has 0 atom stereocenters. The van der Waals surface area contributed by atoms with Crippen LogP contribution < -0.4 is 4.90 Å². The van der Waals surface area contributed by atoms with Gasteiger partial charge >= 0.3 is 0 Å². The van der Waals surface area contributed by atoms with Gasteiger partial charge in [-0.2, -0.15) is 0 Å². The molecule has 0 unspecified atom stereocenters. The predicted molar refractivity (Wildman–Crippen MR) is 135 cm³/mol. The fourth-order valence-corrected chi connectivity index (χ4v) is 4.65. The van der Waals surface area contributed by atoms with Crippen molar-refractivity contribution in [3.63, 3.8) is 0 Å². The van der Waals surface area contributed by atoms with Crippen molar-refractivity contribution in [3.8, 4) is 0 Å². The van der Waals surface area contributed by atoms with Gasteiger partial charge in [-0.25, -0.2) is 9.97 Å². The molecule has 2 aromatic heterocycles. The van der Waals surface area contributed by atoms with Gasteiger partial charge in [-0.1, -0.05) is 26.0 Å². The average Bonchev–Trinajstić information content (AvgIpc) is 3.17. The van der Waals surface area contributed by atoms with Crippen LogP contribution in [-0.4, -0.2) is 51.5 Å². The number of aromatic nitrogens is 3. The van der Waals surface area contributed by atoms with E-state index in [1.807, 2.05) is 23.2 Å². The SMILES string of the molecule is Cc1cccc(N2CCN(C(=O)CCCc3nc4cccnc4n3CCC(C)C)CC2)c1C. The summed E-state index contributed by atoms with van der Waals surface area (Å²) in [7, 11) is 0. The van der Waals surface area contributed by atoms with E-state index >= 15 is 0 Å². The zero-order chi connectivity index (χ0) is 23.4. The van der Waals surface area contributed by atoms with Crippen molar-refractivity contribution in [2.24, 2.45) is 5.92 Å². The molecule has 6 nitrogen and oxygen atoms in total. The minimum atomic E-state index is 0.263. The highest BCUT2D eigenvalue weighted by molar-refractivity contribution is 5.76. The summed E-state index contributed by atoms with van der Waals surface area (Å²) >= 11 is 0. The molecule has 0 saturated carbocycles. The number of carbonyl (C=O) groups is 1. The number of aryl methyl sites for hydroxylation is 3. The molecule has 1 amide bonds. The van der Waals surface area contributed by atoms with Crippen molar-refractivity contribution in [2.45, 2.75) is 59.9 Å². The van der Waals surface area contributed by atoms with Crippen LogP contribution in [0, 0.1) is 19.8 Å². The summed E-state index contributed by atoms with van der Waals surface area (Å²) in [5, 5.41) is 0. The maximum Gasteiger partial charge on any atom is 0.222 e. The molecule has 1 aliphatic rings. The summed E-state index contributed by atoms with van der Waals surface area (Å²) in [5.41, 5.74) is 5.87. The first-order valence-electron chi connectivity index (χ1n) is 12.3. The van der Waals surface area contributed by atoms with Gasteiger partial charge < -0.3 is 14.4 Å². The molecule has 0 aliphatic carbocycles. The number of piperazine rings is 1. The fourth-order valence-electron chi connectivity index (χ4n) is 4.65. The molecule has 0 N–H and O–H groups in total. The number of fused-ring (bicyclic) bond motifs is 1. The maximum absolute atomic E-state index is 12.9. The third-order valence-electron chi connectivity index (χ3n) is 6.85. The standard InChI is InChI=1S/C27H37N5O/c1-20(2)13-15-32-25(29-23-9-7-14-28-27(23)32)11-6-12-26(33)31-18-16-30(17-19-31)24-10-5-8-21(3)22(24)4/h5,7-10,14,20H,6,11-13,15-19H2,1-4H3. The van der Waals surface area contributed by atoms with Crippen molar-refractivity contribution >= 4 is 22.8 Å². The van der Waals surface area contributed by atoms with Gasteiger partial charge in [0.15, 0.2) is 5.65 Å². The molecule has 176 valence electrons. The molecule has 3 heterocycles. The van der Waals surface area contributed by atoms with E-state index in [2.05, 4.69) is 60.3 Å². The van der Waals surface area contributed by atoms with E-state index < -0.39 is 0 Å². The molecule has 1 saturated heterocycles. The quantitative estimate of drug-likeness (QED) is 0.499. The first kappa shape index (κ1) is 23.3. The lowest BCUT2D eigenvalue weighted by Crippen LogP contribution is -2.49. The normalized spacial score (nSPS) is 14.5. The van der Waals surface area contributed by atoms with E-state index in [0.29, 0.717) is 12.3 Å². The van der Waals surface area contributed by atoms with Crippen LogP contribution in [0.25, 0.3) is 11.2 Å². The van der Waals surface area contributed by atoms with Gasteiger partial charge in [-0.05, 0) is 61.9 Å². The van der Waals surface area contributed by atoms with Crippen LogP contribution in [0.1, 0.15) is 50.1 Å². The van der Waals surface area contributed by atoms with Crippen LogP contribution in [-0.2, 0) is 17.8 Å². The van der Waals surface area contributed by atoms with E-state index in [1.165, 1.54) is 16.8 Å². The third kappa shape index (κ3) is 5.37. The Bertz CT molecular complexity index is 1100. The van der Waals surface area contributed by atoms with E-state index in [0.717, 1.165) is 69.0 Å². The molecule has 0 radical (unpaired) electrons. The molecule has 0 spiro atoms. The Hall–Kier alpha value is -2.89. The number of nitrogens with zero attached hydrogens (tertiary/aromatic N) is 5.